The summed E-state index contributed by atoms with van der Waals surface area (Å²) in [5.74, 6) is -0.191. The molecule has 3 rings (SSSR count). The van der Waals surface area contributed by atoms with Crippen LogP contribution in [0.4, 0.5) is 10.8 Å². The normalized spacial score (nSPS) is 10.7. The number of carbonyl (C=O) groups excluding carboxylic acids is 1. The summed E-state index contributed by atoms with van der Waals surface area (Å²) in [5.41, 5.74) is 6.71. The zero-order valence-electron chi connectivity index (χ0n) is 15.2. The summed E-state index contributed by atoms with van der Waals surface area (Å²) < 4.78 is 0. The standard InChI is InChI=1S/C20H21N5OS/c1-25(2)17-10-8-15(9-11-17)12-21-22-13-19(26)24-20-23-18(14-27-20)16-6-4-3-5-7-16/h3-12,14,22H,13H2,1-2H3,(H,23,24,26)/b21-12+. The number of hydrogen-bond donors (Lipinski definition) is 2. The highest BCUT2D eigenvalue weighted by Gasteiger charge is 2.07. The van der Waals surface area contributed by atoms with E-state index in [0.717, 1.165) is 22.5 Å². The highest BCUT2D eigenvalue weighted by molar-refractivity contribution is 7.14. The molecule has 1 heterocycles. The fourth-order valence-corrected chi connectivity index (χ4v) is 3.07. The molecule has 0 aliphatic heterocycles. The summed E-state index contributed by atoms with van der Waals surface area (Å²) in [6.45, 7) is 0.0759. The predicted molar refractivity (Wildman–Crippen MR) is 113 cm³/mol. The molecule has 0 radical (unpaired) electrons. The zero-order valence-corrected chi connectivity index (χ0v) is 16.0. The Balaban J connectivity index is 1.46. The second-order valence-electron chi connectivity index (χ2n) is 6.03. The Morgan fingerprint density at radius 2 is 1.89 bits per heavy atom. The maximum atomic E-state index is 12.0. The van der Waals surface area contributed by atoms with Crippen molar-refractivity contribution in [2.45, 2.75) is 0 Å². The molecule has 7 heteroatoms. The van der Waals surface area contributed by atoms with Gasteiger partial charge in [-0.25, -0.2) is 4.98 Å². The van der Waals surface area contributed by atoms with E-state index < -0.39 is 0 Å². The van der Waals surface area contributed by atoms with Crippen LogP contribution in [0.3, 0.4) is 0 Å². The average molecular weight is 379 g/mol. The molecular weight excluding hydrogens is 358 g/mol. The summed E-state index contributed by atoms with van der Waals surface area (Å²) in [6, 6.07) is 17.8. The van der Waals surface area contributed by atoms with E-state index in [2.05, 4.69) is 20.8 Å². The first kappa shape index (κ1) is 18.6. The zero-order chi connectivity index (χ0) is 19.1. The van der Waals surface area contributed by atoms with Crippen molar-refractivity contribution in [1.29, 1.82) is 0 Å². The average Bonchev–Trinajstić information content (AvgIpc) is 3.15. The SMILES string of the molecule is CN(C)c1ccc(/C=N/NCC(=O)Nc2nc(-c3ccccc3)cs2)cc1. The van der Waals surface area contributed by atoms with Crippen LogP contribution >= 0.6 is 11.3 Å². The van der Waals surface area contributed by atoms with Crippen LogP contribution in [-0.2, 0) is 4.79 Å². The molecule has 2 aromatic carbocycles. The van der Waals surface area contributed by atoms with Gasteiger partial charge in [0.05, 0.1) is 11.9 Å². The lowest BCUT2D eigenvalue weighted by Gasteiger charge is -2.11. The minimum absolute atomic E-state index is 0.0759. The first-order valence-corrected chi connectivity index (χ1v) is 9.34. The first-order chi connectivity index (χ1) is 13.1. The van der Waals surface area contributed by atoms with Gasteiger partial charge in [0, 0.05) is 30.7 Å². The number of nitrogens with zero attached hydrogens (tertiary/aromatic N) is 3. The van der Waals surface area contributed by atoms with Crippen LogP contribution in [0.2, 0.25) is 0 Å². The summed E-state index contributed by atoms with van der Waals surface area (Å²) in [5, 5.41) is 9.36. The molecule has 138 valence electrons. The van der Waals surface area contributed by atoms with Gasteiger partial charge in [0.1, 0.15) is 6.54 Å². The van der Waals surface area contributed by atoms with Crippen LogP contribution in [0.5, 0.6) is 0 Å². The number of hydrazone groups is 1. The third kappa shape index (κ3) is 5.39. The second-order valence-corrected chi connectivity index (χ2v) is 6.89. The van der Waals surface area contributed by atoms with Crippen LogP contribution in [0.1, 0.15) is 5.56 Å². The number of amides is 1. The molecule has 1 aromatic heterocycles. The Morgan fingerprint density at radius 3 is 2.59 bits per heavy atom. The van der Waals surface area contributed by atoms with Crippen molar-refractivity contribution < 1.29 is 4.79 Å². The minimum Gasteiger partial charge on any atom is -0.378 e. The summed E-state index contributed by atoms with van der Waals surface area (Å²) in [4.78, 5) is 18.5. The molecule has 0 saturated heterocycles. The van der Waals surface area contributed by atoms with Crippen LogP contribution in [0, 0.1) is 0 Å². The van der Waals surface area contributed by atoms with Crippen molar-refractivity contribution >= 4 is 34.3 Å². The van der Waals surface area contributed by atoms with Gasteiger partial charge in [0.15, 0.2) is 5.13 Å². The monoisotopic (exact) mass is 379 g/mol. The molecule has 0 spiro atoms. The first-order valence-electron chi connectivity index (χ1n) is 8.46. The molecule has 0 unspecified atom stereocenters. The number of anilines is 2. The summed E-state index contributed by atoms with van der Waals surface area (Å²) in [6.07, 6.45) is 1.68. The number of benzene rings is 2. The van der Waals surface area contributed by atoms with Gasteiger partial charge in [0.25, 0.3) is 0 Å². The van der Waals surface area contributed by atoms with Crippen molar-refractivity contribution in [2.75, 3.05) is 30.9 Å². The van der Waals surface area contributed by atoms with E-state index in [1.54, 1.807) is 6.21 Å². The summed E-state index contributed by atoms with van der Waals surface area (Å²) >= 11 is 1.40. The smallest absolute Gasteiger partial charge is 0.247 e. The summed E-state index contributed by atoms with van der Waals surface area (Å²) in [7, 11) is 3.99. The number of carbonyl (C=O) groups is 1. The van der Waals surface area contributed by atoms with Gasteiger partial charge in [-0.2, -0.15) is 5.10 Å². The number of nitrogens with one attached hydrogen (secondary N) is 2. The van der Waals surface area contributed by atoms with E-state index in [1.807, 2.05) is 79.0 Å². The largest absolute Gasteiger partial charge is 0.378 e. The Labute approximate surface area is 162 Å². The Hall–Kier alpha value is -3.19. The number of thiazole rings is 1. The molecule has 0 aliphatic rings. The molecule has 0 aliphatic carbocycles. The predicted octanol–water partition coefficient (Wildman–Crippen LogP) is 3.44. The van der Waals surface area contributed by atoms with Gasteiger partial charge in [0.2, 0.25) is 5.91 Å². The molecule has 1 amide bonds. The van der Waals surface area contributed by atoms with Crippen LogP contribution in [-0.4, -0.2) is 37.7 Å². The van der Waals surface area contributed by atoms with Crippen molar-refractivity contribution in [3.8, 4) is 11.3 Å². The van der Waals surface area contributed by atoms with Crippen molar-refractivity contribution in [3.63, 3.8) is 0 Å². The third-order valence-electron chi connectivity index (χ3n) is 3.77. The van der Waals surface area contributed by atoms with Crippen molar-refractivity contribution in [3.05, 3.63) is 65.5 Å². The number of aromatic nitrogens is 1. The molecule has 6 nitrogen and oxygen atoms in total. The maximum absolute atomic E-state index is 12.0. The highest BCUT2D eigenvalue weighted by Crippen LogP contribution is 2.24. The van der Waals surface area contributed by atoms with Gasteiger partial charge in [-0.15, -0.1) is 11.3 Å². The van der Waals surface area contributed by atoms with E-state index in [0.29, 0.717) is 5.13 Å². The lowest BCUT2D eigenvalue weighted by Crippen LogP contribution is -2.24. The molecule has 2 N–H and O–H groups in total. The van der Waals surface area contributed by atoms with Gasteiger partial charge >= 0.3 is 0 Å². The van der Waals surface area contributed by atoms with E-state index in [-0.39, 0.29) is 12.5 Å². The highest BCUT2D eigenvalue weighted by atomic mass is 32.1. The molecule has 0 atom stereocenters. The minimum atomic E-state index is -0.191. The fraction of sp³-hybridized carbons (Fsp3) is 0.150. The van der Waals surface area contributed by atoms with Gasteiger partial charge in [-0.1, -0.05) is 42.5 Å². The quantitative estimate of drug-likeness (QED) is 0.487. The lowest BCUT2D eigenvalue weighted by atomic mass is 10.2. The van der Waals surface area contributed by atoms with Gasteiger partial charge < -0.3 is 15.6 Å². The third-order valence-corrected chi connectivity index (χ3v) is 4.53. The Kier molecular flexibility index (Phi) is 6.17. The fourth-order valence-electron chi connectivity index (χ4n) is 2.33. The molecule has 0 fully saturated rings. The number of rotatable bonds is 7. The molecule has 0 bridgehead atoms. The van der Waals surface area contributed by atoms with Crippen molar-refractivity contribution in [1.82, 2.24) is 10.4 Å². The van der Waals surface area contributed by atoms with Crippen molar-refractivity contribution in [2.24, 2.45) is 5.10 Å². The van der Waals surface area contributed by atoms with Crippen LogP contribution < -0.4 is 15.6 Å². The molecule has 0 saturated carbocycles. The van der Waals surface area contributed by atoms with E-state index in [1.165, 1.54) is 11.3 Å². The van der Waals surface area contributed by atoms with Crippen LogP contribution in [0.25, 0.3) is 11.3 Å². The van der Waals surface area contributed by atoms with E-state index in [9.17, 15) is 4.79 Å². The van der Waals surface area contributed by atoms with Gasteiger partial charge in [-0.05, 0) is 17.7 Å². The van der Waals surface area contributed by atoms with Crippen LogP contribution in [0.15, 0.2) is 65.1 Å². The lowest BCUT2D eigenvalue weighted by molar-refractivity contribution is -0.115. The maximum Gasteiger partial charge on any atom is 0.247 e. The Morgan fingerprint density at radius 1 is 1.15 bits per heavy atom. The Bertz CT molecular complexity index is 904. The molecular formula is C20H21N5OS. The topological polar surface area (TPSA) is 69.6 Å². The van der Waals surface area contributed by atoms with Gasteiger partial charge in [-0.3, -0.25) is 4.79 Å². The second kappa shape index (κ2) is 8.95. The van der Waals surface area contributed by atoms with E-state index >= 15 is 0 Å². The van der Waals surface area contributed by atoms with E-state index in [4.69, 9.17) is 0 Å². The molecule has 3 aromatic rings. The molecule has 27 heavy (non-hydrogen) atoms. The number of hydrogen-bond acceptors (Lipinski definition) is 6.